The first kappa shape index (κ1) is 14.4. The summed E-state index contributed by atoms with van der Waals surface area (Å²) in [6.45, 7) is 4.49. The third-order valence-corrected chi connectivity index (χ3v) is 5.41. The van der Waals surface area contributed by atoms with Gasteiger partial charge in [-0.05, 0) is 31.9 Å². The number of aliphatic hydroxyl groups is 1. The average Bonchev–Trinajstić information content (AvgIpc) is 2.71. The molecule has 0 aromatic rings. The van der Waals surface area contributed by atoms with Crippen LogP contribution in [-0.2, 0) is 0 Å². The lowest BCUT2D eigenvalue weighted by atomic mass is 9.94. The average molecular weight is 244 g/mol. The standard InChI is InChI=1S/C14H28OS/c1-3-4-5-6-7-8-10-13(15)14(2)11-9-12-16-14/h13,15H,3-12H2,1-2H3. The molecule has 2 unspecified atom stereocenters. The third-order valence-electron chi connectivity index (χ3n) is 3.79. The van der Waals surface area contributed by atoms with Gasteiger partial charge in [-0.25, -0.2) is 0 Å². The molecular weight excluding hydrogens is 216 g/mol. The van der Waals surface area contributed by atoms with Crippen LogP contribution in [0.5, 0.6) is 0 Å². The van der Waals surface area contributed by atoms with Crippen molar-refractivity contribution in [2.45, 2.75) is 82.5 Å². The highest BCUT2D eigenvalue weighted by Crippen LogP contribution is 2.41. The number of hydrogen-bond acceptors (Lipinski definition) is 2. The molecule has 2 atom stereocenters. The molecule has 96 valence electrons. The highest BCUT2D eigenvalue weighted by atomic mass is 32.2. The number of hydrogen-bond donors (Lipinski definition) is 1. The molecule has 1 aliphatic rings. The molecule has 0 radical (unpaired) electrons. The molecule has 0 amide bonds. The predicted molar refractivity (Wildman–Crippen MR) is 74.1 cm³/mol. The van der Waals surface area contributed by atoms with E-state index in [0.717, 1.165) is 6.42 Å². The monoisotopic (exact) mass is 244 g/mol. The van der Waals surface area contributed by atoms with Gasteiger partial charge in [0.1, 0.15) is 0 Å². The van der Waals surface area contributed by atoms with Crippen LogP contribution < -0.4 is 0 Å². The minimum atomic E-state index is -0.0776. The lowest BCUT2D eigenvalue weighted by Gasteiger charge is -2.29. The van der Waals surface area contributed by atoms with Gasteiger partial charge in [-0.15, -0.1) is 0 Å². The summed E-state index contributed by atoms with van der Waals surface area (Å²) in [7, 11) is 0. The van der Waals surface area contributed by atoms with Gasteiger partial charge in [-0.2, -0.15) is 11.8 Å². The van der Waals surface area contributed by atoms with Crippen molar-refractivity contribution in [3.63, 3.8) is 0 Å². The summed E-state index contributed by atoms with van der Waals surface area (Å²) in [5.41, 5.74) is 0. The van der Waals surface area contributed by atoms with Crippen LogP contribution >= 0.6 is 11.8 Å². The van der Waals surface area contributed by atoms with Crippen molar-refractivity contribution < 1.29 is 5.11 Å². The lowest BCUT2D eigenvalue weighted by Crippen LogP contribution is -2.33. The molecule has 1 saturated heterocycles. The molecule has 0 saturated carbocycles. The molecule has 1 heterocycles. The Balaban J connectivity index is 2.03. The van der Waals surface area contributed by atoms with Crippen LogP contribution in [0.25, 0.3) is 0 Å². The van der Waals surface area contributed by atoms with Gasteiger partial charge in [0.25, 0.3) is 0 Å². The maximum Gasteiger partial charge on any atom is 0.0684 e. The van der Waals surface area contributed by atoms with Crippen LogP contribution in [0.4, 0.5) is 0 Å². The zero-order valence-electron chi connectivity index (χ0n) is 11.0. The fraction of sp³-hybridized carbons (Fsp3) is 1.00. The second kappa shape index (κ2) is 7.60. The van der Waals surface area contributed by atoms with E-state index in [1.165, 1.54) is 57.1 Å². The smallest absolute Gasteiger partial charge is 0.0684 e. The summed E-state index contributed by atoms with van der Waals surface area (Å²) >= 11 is 1.97. The molecule has 16 heavy (non-hydrogen) atoms. The second-order valence-electron chi connectivity index (χ2n) is 5.34. The van der Waals surface area contributed by atoms with Gasteiger partial charge in [0, 0.05) is 4.75 Å². The van der Waals surface area contributed by atoms with Crippen molar-refractivity contribution in [3.8, 4) is 0 Å². The van der Waals surface area contributed by atoms with Crippen molar-refractivity contribution >= 4 is 11.8 Å². The van der Waals surface area contributed by atoms with E-state index < -0.39 is 0 Å². The number of rotatable bonds is 8. The zero-order valence-corrected chi connectivity index (χ0v) is 11.8. The number of aliphatic hydroxyl groups excluding tert-OH is 1. The van der Waals surface area contributed by atoms with Crippen molar-refractivity contribution in [1.29, 1.82) is 0 Å². The first-order valence-electron chi connectivity index (χ1n) is 7.01. The molecule has 2 heteroatoms. The van der Waals surface area contributed by atoms with E-state index in [1.807, 2.05) is 11.8 Å². The summed E-state index contributed by atoms with van der Waals surface area (Å²) in [6.07, 6.45) is 11.3. The Morgan fingerprint density at radius 2 is 1.88 bits per heavy atom. The van der Waals surface area contributed by atoms with Gasteiger partial charge in [0.2, 0.25) is 0 Å². The van der Waals surface area contributed by atoms with Gasteiger partial charge in [-0.1, -0.05) is 45.4 Å². The van der Waals surface area contributed by atoms with Gasteiger partial charge in [-0.3, -0.25) is 0 Å². The second-order valence-corrected chi connectivity index (χ2v) is 6.97. The quantitative estimate of drug-likeness (QED) is 0.639. The summed E-state index contributed by atoms with van der Waals surface area (Å²) in [5.74, 6) is 1.24. The molecule has 1 nitrogen and oxygen atoms in total. The molecule has 1 aliphatic heterocycles. The lowest BCUT2D eigenvalue weighted by molar-refractivity contribution is 0.121. The highest BCUT2D eigenvalue weighted by molar-refractivity contribution is 8.00. The number of thioether (sulfide) groups is 1. The molecule has 0 aromatic carbocycles. The van der Waals surface area contributed by atoms with Gasteiger partial charge in [0.05, 0.1) is 6.10 Å². The van der Waals surface area contributed by atoms with E-state index in [-0.39, 0.29) is 10.9 Å². The largest absolute Gasteiger partial charge is 0.392 e. The minimum absolute atomic E-state index is 0.0776. The maximum atomic E-state index is 10.2. The first-order valence-corrected chi connectivity index (χ1v) is 7.99. The highest BCUT2D eigenvalue weighted by Gasteiger charge is 2.36. The summed E-state index contributed by atoms with van der Waals surface area (Å²) < 4.78 is 0.170. The van der Waals surface area contributed by atoms with E-state index in [0.29, 0.717) is 0 Å². The van der Waals surface area contributed by atoms with E-state index in [2.05, 4.69) is 13.8 Å². The summed E-state index contributed by atoms with van der Waals surface area (Å²) in [5, 5.41) is 10.2. The van der Waals surface area contributed by atoms with Crippen LogP contribution in [0.2, 0.25) is 0 Å². The normalized spacial score (nSPS) is 27.2. The molecule has 1 rings (SSSR count). The predicted octanol–water partition coefficient (Wildman–Crippen LogP) is 4.38. The number of unbranched alkanes of at least 4 members (excludes halogenated alkanes) is 5. The van der Waals surface area contributed by atoms with Crippen molar-refractivity contribution in [2.75, 3.05) is 5.75 Å². The SMILES string of the molecule is CCCCCCCCC(O)C1(C)CCCS1. The Hall–Kier alpha value is 0.310. The molecule has 1 fully saturated rings. The Kier molecular flexibility index (Phi) is 6.83. The summed E-state index contributed by atoms with van der Waals surface area (Å²) in [6, 6.07) is 0. The van der Waals surface area contributed by atoms with Crippen LogP contribution in [0.15, 0.2) is 0 Å². The molecule has 0 aromatic heterocycles. The fourth-order valence-electron chi connectivity index (χ4n) is 2.49. The van der Waals surface area contributed by atoms with Gasteiger partial charge >= 0.3 is 0 Å². The van der Waals surface area contributed by atoms with Gasteiger partial charge < -0.3 is 5.11 Å². The first-order chi connectivity index (χ1) is 7.69. The van der Waals surface area contributed by atoms with E-state index in [4.69, 9.17) is 0 Å². The summed E-state index contributed by atoms with van der Waals surface area (Å²) in [4.78, 5) is 0. The van der Waals surface area contributed by atoms with Crippen LogP contribution in [0.3, 0.4) is 0 Å². The van der Waals surface area contributed by atoms with Crippen molar-refractivity contribution in [3.05, 3.63) is 0 Å². The van der Waals surface area contributed by atoms with Crippen LogP contribution in [0.1, 0.15) is 71.6 Å². The van der Waals surface area contributed by atoms with Crippen molar-refractivity contribution in [2.24, 2.45) is 0 Å². The van der Waals surface area contributed by atoms with Crippen molar-refractivity contribution in [1.82, 2.24) is 0 Å². The molecular formula is C14H28OS. The van der Waals surface area contributed by atoms with Crippen LogP contribution in [0, 0.1) is 0 Å². The van der Waals surface area contributed by atoms with Crippen LogP contribution in [-0.4, -0.2) is 21.7 Å². The Labute approximate surface area is 105 Å². The van der Waals surface area contributed by atoms with E-state index >= 15 is 0 Å². The van der Waals surface area contributed by atoms with E-state index in [9.17, 15) is 5.11 Å². The molecule has 0 bridgehead atoms. The Morgan fingerprint density at radius 1 is 1.19 bits per heavy atom. The van der Waals surface area contributed by atoms with Gasteiger partial charge in [0.15, 0.2) is 0 Å². The molecule has 1 N–H and O–H groups in total. The molecule has 0 spiro atoms. The molecule has 0 aliphatic carbocycles. The minimum Gasteiger partial charge on any atom is -0.392 e. The van der Waals surface area contributed by atoms with E-state index in [1.54, 1.807) is 0 Å². The zero-order chi connectivity index (χ0) is 11.9. The fourth-order valence-corrected chi connectivity index (χ4v) is 3.84. The topological polar surface area (TPSA) is 20.2 Å². The Bertz CT molecular complexity index is 176. The Morgan fingerprint density at radius 3 is 2.50 bits per heavy atom. The maximum absolute atomic E-state index is 10.2. The third kappa shape index (κ3) is 4.67.